The van der Waals surface area contributed by atoms with E-state index in [1.807, 2.05) is 97.1 Å². The Morgan fingerprint density at radius 2 is 1.05 bits per heavy atom. The Morgan fingerprint density at radius 3 is 1.51 bits per heavy atom. The van der Waals surface area contributed by atoms with Crippen LogP contribution in [-0.4, -0.2) is 33.7 Å². The van der Waals surface area contributed by atoms with Crippen LogP contribution >= 0.6 is 11.6 Å². The third kappa shape index (κ3) is 10.2. The van der Waals surface area contributed by atoms with Crippen molar-refractivity contribution < 1.29 is 14.3 Å². The molecule has 0 aliphatic carbocycles. The standard InChI is InChI=1S/C35H37ClN2O3/c36-35(40)37(25-29-15-5-1-6-16-29)24-14-13-23-33(34(39)41-28-32-21-11-4-12-22-32)38(26-30-17-7-2-8-18-30)27-31-19-9-3-10-20-31/h1-12,15-22,33H,13-14,23-28H2/t33-/m0/s1. The average Bonchev–Trinajstić information content (AvgIpc) is 3.01. The molecule has 4 aromatic rings. The molecule has 0 saturated heterocycles. The Hall–Kier alpha value is -3.93. The van der Waals surface area contributed by atoms with E-state index in [-0.39, 0.29) is 12.6 Å². The molecule has 0 aromatic heterocycles. The van der Waals surface area contributed by atoms with E-state index >= 15 is 0 Å². The SMILES string of the molecule is O=C(OCc1ccccc1)[C@H](CCCCN(Cc1ccccc1)C(=O)Cl)N(Cc1ccccc1)Cc1ccccc1. The normalized spacial score (nSPS) is 11.7. The Bertz CT molecular complexity index is 1280. The summed E-state index contributed by atoms with van der Waals surface area (Å²) >= 11 is 5.92. The third-order valence-electron chi connectivity index (χ3n) is 7.01. The van der Waals surface area contributed by atoms with Crippen LogP contribution in [0.2, 0.25) is 0 Å². The van der Waals surface area contributed by atoms with E-state index in [0.29, 0.717) is 32.6 Å². The molecular formula is C35H37ClN2O3. The first-order valence-corrected chi connectivity index (χ1v) is 14.5. The van der Waals surface area contributed by atoms with Crippen LogP contribution in [0.15, 0.2) is 121 Å². The summed E-state index contributed by atoms with van der Waals surface area (Å²) in [7, 11) is 0. The Morgan fingerprint density at radius 1 is 0.610 bits per heavy atom. The van der Waals surface area contributed by atoms with Gasteiger partial charge in [0, 0.05) is 26.2 Å². The maximum absolute atomic E-state index is 13.7. The molecule has 212 valence electrons. The first-order valence-electron chi connectivity index (χ1n) is 14.1. The number of hydrogen-bond acceptors (Lipinski definition) is 4. The number of rotatable bonds is 15. The Balaban J connectivity index is 1.47. The fourth-order valence-electron chi connectivity index (χ4n) is 4.86. The summed E-state index contributed by atoms with van der Waals surface area (Å²) in [5.41, 5.74) is 4.24. The molecule has 0 aliphatic heterocycles. The van der Waals surface area contributed by atoms with Crippen LogP contribution < -0.4 is 0 Å². The highest BCUT2D eigenvalue weighted by molar-refractivity contribution is 6.62. The third-order valence-corrected chi connectivity index (χ3v) is 7.25. The number of benzene rings is 4. The zero-order chi connectivity index (χ0) is 28.7. The van der Waals surface area contributed by atoms with Gasteiger partial charge in [-0.3, -0.25) is 14.5 Å². The van der Waals surface area contributed by atoms with E-state index in [0.717, 1.165) is 35.1 Å². The van der Waals surface area contributed by atoms with E-state index in [1.54, 1.807) is 4.90 Å². The van der Waals surface area contributed by atoms with Gasteiger partial charge in [0.1, 0.15) is 12.6 Å². The topological polar surface area (TPSA) is 49.9 Å². The highest BCUT2D eigenvalue weighted by atomic mass is 35.5. The number of unbranched alkanes of at least 4 members (excludes halogenated alkanes) is 1. The number of amides is 1. The van der Waals surface area contributed by atoms with Gasteiger partial charge in [0.15, 0.2) is 0 Å². The number of ether oxygens (including phenoxy) is 1. The fraction of sp³-hybridized carbons (Fsp3) is 0.257. The first-order chi connectivity index (χ1) is 20.1. The molecule has 5 nitrogen and oxygen atoms in total. The minimum absolute atomic E-state index is 0.228. The van der Waals surface area contributed by atoms with Crippen LogP contribution in [0.4, 0.5) is 4.79 Å². The van der Waals surface area contributed by atoms with Crippen molar-refractivity contribution in [3.05, 3.63) is 144 Å². The summed E-state index contributed by atoms with van der Waals surface area (Å²) in [6.45, 7) is 2.43. The molecule has 4 aromatic carbocycles. The van der Waals surface area contributed by atoms with E-state index in [1.165, 1.54) is 0 Å². The van der Waals surface area contributed by atoms with Crippen LogP contribution in [0.25, 0.3) is 0 Å². The van der Waals surface area contributed by atoms with Crippen molar-refractivity contribution >= 4 is 22.9 Å². The monoisotopic (exact) mass is 568 g/mol. The van der Waals surface area contributed by atoms with E-state index in [2.05, 4.69) is 29.2 Å². The number of carbonyl (C=O) groups is 2. The molecule has 0 saturated carbocycles. The van der Waals surface area contributed by atoms with Crippen molar-refractivity contribution in [2.75, 3.05) is 6.54 Å². The van der Waals surface area contributed by atoms with Crippen LogP contribution in [0.3, 0.4) is 0 Å². The molecule has 1 amide bonds. The van der Waals surface area contributed by atoms with E-state index in [9.17, 15) is 9.59 Å². The predicted molar refractivity (Wildman–Crippen MR) is 164 cm³/mol. The number of hydrogen-bond donors (Lipinski definition) is 0. The van der Waals surface area contributed by atoms with Crippen LogP contribution in [-0.2, 0) is 35.8 Å². The molecule has 0 unspecified atom stereocenters. The number of halogens is 1. The second-order valence-electron chi connectivity index (χ2n) is 10.1. The van der Waals surface area contributed by atoms with Gasteiger partial charge in [0.05, 0.1) is 0 Å². The molecule has 0 spiro atoms. The summed E-state index contributed by atoms with van der Waals surface area (Å²) in [6, 6.07) is 39.5. The van der Waals surface area contributed by atoms with Gasteiger partial charge in [-0.15, -0.1) is 0 Å². The summed E-state index contributed by atoms with van der Waals surface area (Å²) in [5, 5.41) is -0.470. The number of esters is 1. The lowest BCUT2D eigenvalue weighted by atomic mass is 10.0. The van der Waals surface area contributed by atoms with Crippen LogP contribution in [0.5, 0.6) is 0 Å². The second-order valence-corrected chi connectivity index (χ2v) is 10.5. The molecule has 0 heterocycles. The molecule has 0 radical (unpaired) electrons. The zero-order valence-electron chi connectivity index (χ0n) is 23.3. The van der Waals surface area contributed by atoms with Gasteiger partial charge in [-0.25, -0.2) is 0 Å². The van der Waals surface area contributed by atoms with Crippen molar-refractivity contribution in [2.24, 2.45) is 0 Å². The van der Waals surface area contributed by atoms with Crippen molar-refractivity contribution in [1.29, 1.82) is 0 Å². The van der Waals surface area contributed by atoms with Gasteiger partial charge >= 0.3 is 11.3 Å². The van der Waals surface area contributed by atoms with Crippen LogP contribution in [0.1, 0.15) is 41.5 Å². The van der Waals surface area contributed by atoms with E-state index < -0.39 is 11.4 Å². The van der Waals surface area contributed by atoms with Crippen molar-refractivity contribution in [3.8, 4) is 0 Å². The van der Waals surface area contributed by atoms with Crippen molar-refractivity contribution in [2.45, 2.75) is 51.5 Å². The molecule has 0 bridgehead atoms. The number of carbonyl (C=O) groups excluding carboxylic acids is 2. The summed E-state index contributed by atoms with van der Waals surface area (Å²) in [5.74, 6) is -0.240. The smallest absolute Gasteiger partial charge is 0.323 e. The van der Waals surface area contributed by atoms with Gasteiger partial charge in [-0.1, -0.05) is 121 Å². The lowest BCUT2D eigenvalue weighted by Gasteiger charge is -2.31. The molecule has 0 fully saturated rings. The Kier molecular flexibility index (Phi) is 12.0. The molecular weight excluding hydrogens is 532 g/mol. The lowest BCUT2D eigenvalue weighted by molar-refractivity contribution is -0.152. The fourth-order valence-corrected chi connectivity index (χ4v) is 5.00. The minimum atomic E-state index is -0.470. The maximum Gasteiger partial charge on any atom is 0.323 e. The molecule has 0 aliphatic rings. The maximum atomic E-state index is 13.7. The quantitative estimate of drug-likeness (QED) is 0.0634. The predicted octanol–water partition coefficient (Wildman–Crippen LogP) is 7.83. The van der Waals surface area contributed by atoms with Gasteiger partial charge in [-0.05, 0) is 53.1 Å². The van der Waals surface area contributed by atoms with Gasteiger partial charge < -0.3 is 9.64 Å². The van der Waals surface area contributed by atoms with Crippen LogP contribution in [0, 0.1) is 0 Å². The van der Waals surface area contributed by atoms with Gasteiger partial charge in [-0.2, -0.15) is 0 Å². The molecule has 4 rings (SSSR count). The Labute approximate surface area is 248 Å². The van der Waals surface area contributed by atoms with Gasteiger partial charge in [0.2, 0.25) is 0 Å². The highest BCUT2D eigenvalue weighted by Gasteiger charge is 2.28. The minimum Gasteiger partial charge on any atom is -0.460 e. The largest absolute Gasteiger partial charge is 0.460 e. The van der Waals surface area contributed by atoms with E-state index in [4.69, 9.17) is 16.3 Å². The second kappa shape index (κ2) is 16.4. The summed E-state index contributed by atoms with van der Waals surface area (Å²) < 4.78 is 5.88. The molecule has 41 heavy (non-hydrogen) atoms. The van der Waals surface area contributed by atoms with Gasteiger partial charge in [0.25, 0.3) is 0 Å². The molecule has 6 heteroatoms. The van der Waals surface area contributed by atoms with Crippen molar-refractivity contribution in [1.82, 2.24) is 9.80 Å². The average molecular weight is 569 g/mol. The first kappa shape index (κ1) is 30.0. The summed E-state index contributed by atoms with van der Waals surface area (Å²) in [6.07, 6.45) is 2.06. The lowest BCUT2D eigenvalue weighted by Crippen LogP contribution is -2.41. The highest BCUT2D eigenvalue weighted by Crippen LogP contribution is 2.20. The van der Waals surface area contributed by atoms with Crippen molar-refractivity contribution in [3.63, 3.8) is 0 Å². The number of nitrogens with zero attached hydrogens (tertiary/aromatic N) is 2. The molecule has 1 atom stereocenters. The summed E-state index contributed by atoms with van der Waals surface area (Å²) in [4.78, 5) is 29.6. The molecule has 0 N–H and O–H groups in total. The zero-order valence-corrected chi connectivity index (χ0v) is 24.0.